The third-order valence-corrected chi connectivity index (χ3v) is 4.70. The number of hydrogen-bond acceptors (Lipinski definition) is 7. The van der Waals surface area contributed by atoms with Crippen LogP contribution in [0.4, 0.5) is 8.78 Å². The lowest BCUT2D eigenvalue weighted by molar-refractivity contribution is -0.0498. The zero-order valence-corrected chi connectivity index (χ0v) is 16.5. The summed E-state index contributed by atoms with van der Waals surface area (Å²) < 4.78 is 32.6. The van der Waals surface area contributed by atoms with E-state index >= 15 is 0 Å². The van der Waals surface area contributed by atoms with Crippen LogP contribution in [0.25, 0.3) is 5.69 Å². The molecule has 1 N–H and O–H groups in total. The third-order valence-electron chi connectivity index (χ3n) is 4.70. The van der Waals surface area contributed by atoms with Crippen molar-refractivity contribution in [2.75, 3.05) is 19.6 Å². The van der Waals surface area contributed by atoms with Crippen LogP contribution >= 0.6 is 12.4 Å². The van der Waals surface area contributed by atoms with Crippen molar-refractivity contribution in [1.29, 1.82) is 0 Å². The van der Waals surface area contributed by atoms with Gasteiger partial charge in [-0.2, -0.15) is 13.5 Å². The number of aryl methyl sites for hydroxylation is 1. The van der Waals surface area contributed by atoms with Crippen LogP contribution in [0, 0.1) is 0 Å². The number of hydrogen-bond donors (Lipinski definition) is 1. The molecule has 1 aliphatic rings. The number of nitrogens with zero attached hydrogens (tertiary/aromatic N) is 7. The normalized spacial score (nSPS) is 17.3. The quantitative estimate of drug-likeness (QED) is 0.640. The minimum atomic E-state index is -2.86. The van der Waals surface area contributed by atoms with E-state index in [1.54, 1.807) is 23.0 Å². The Balaban J connectivity index is 0.00000240. The fourth-order valence-electron chi connectivity index (χ4n) is 3.34. The maximum atomic E-state index is 12.3. The van der Waals surface area contributed by atoms with E-state index in [-0.39, 0.29) is 24.2 Å². The number of rotatable bonds is 6. The summed E-state index contributed by atoms with van der Waals surface area (Å²) in [5.41, 5.74) is 0.672. The highest BCUT2D eigenvalue weighted by atomic mass is 35.5. The second-order valence-corrected chi connectivity index (χ2v) is 6.47. The van der Waals surface area contributed by atoms with Gasteiger partial charge in [0.2, 0.25) is 0 Å². The summed E-state index contributed by atoms with van der Waals surface area (Å²) in [5, 5.41) is 15.4. The first-order valence-electron chi connectivity index (χ1n) is 8.86. The Kier molecular flexibility index (Phi) is 6.72. The van der Waals surface area contributed by atoms with Crippen molar-refractivity contribution < 1.29 is 13.5 Å². The Morgan fingerprint density at radius 2 is 2.07 bits per heavy atom. The average molecular weight is 427 g/mol. The van der Waals surface area contributed by atoms with Crippen molar-refractivity contribution in [2.45, 2.75) is 19.2 Å². The van der Waals surface area contributed by atoms with Gasteiger partial charge in [0.25, 0.3) is 0 Å². The molecule has 156 valence electrons. The zero-order valence-electron chi connectivity index (χ0n) is 15.7. The van der Waals surface area contributed by atoms with Gasteiger partial charge in [-0.25, -0.2) is 4.98 Å². The van der Waals surface area contributed by atoms with E-state index in [1.165, 1.54) is 12.1 Å². The van der Waals surface area contributed by atoms with Gasteiger partial charge in [-0.15, -0.1) is 17.5 Å². The van der Waals surface area contributed by atoms with Gasteiger partial charge < -0.3 is 14.6 Å². The molecule has 0 aliphatic carbocycles. The first-order chi connectivity index (χ1) is 13.6. The molecule has 1 atom stereocenters. The molecule has 1 saturated heterocycles. The first kappa shape index (κ1) is 21.1. The van der Waals surface area contributed by atoms with Gasteiger partial charge in [0.1, 0.15) is 11.6 Å². The smallest absolute Gasteiger partial charge is 0.387 e. The lowest BCUT2D eigenvalue weighted by Gasteiger charge is -2.35. The van der Waals surface area contributed by atoms with Crippen LogP contribution < -0.4 is 10.1 Å². The fourth-order valence-corrected chi connectivity index (χ4v) is 3.34. The molecule has 9 nitrogen and oxygen atoms in total. The second-order valence-electron chi connectivity index (χ2n) is 6.47. The number of benzene rings is 1. The summed E-state index contributed by atoms with van der Waals surface area (Å²) in [5.74, 6) is 1.72. The predicted octanol–water partition coefficient (Wildman–Crippen LogP) is 1.57. The highest BCUT2D eigenvalue weighted by Gasteiger charge is 2.28. The minimum absolute atomic E-state index is 0. The number of alkyl halides is 2. The maximum absolute atomic E-state index is 12.3. The predicted molar refractivity (Wildman–Crippen MR) is 102 cm³/mol. The molecule has 3 aromatic rings. The number of imidazole rings is 1. The number of ether oxygens (including phenoxy) is 1. The van der Waals surface area contributed by atoms with Crippen LogP contribution in [-0.4, -0.2) is 60.9 Å². The van der Waals surface area contributed by atoms with Crippen molar-refractivity contribution in [3.8, 4) is 11.4 Å². The second kappa shape index (κ2) is 9.25. The first-order valence-corrected chi connectivity index (χ1v) is 8.86. The van der Waals surface area contributed by atoms with E-state index in [9.17, 15) is 8.78 Å². The van der Waals surface area contributed by atoms with Gasteiger partial charge in [-0.05, 0) is 34.7 Å². The monoisotopic (exact) mass is 426 g/mol. The van der Waals surface area contributed by atoms with Crippen molar-refractivity contribution >= 4 is 12.4 Å². The lowest BCUT2D eigenvalue weighted by atomic mass is 10.1. The van der Waals surface area contributed by atoms with Gasteiger partial charge in [-0.1, -0.05) is 0 Å². The number of aromatic nitrogens is 6. The number of piperazine rings is 1. The van der Waals surface area contributed by atoms with Crippen LogP contribution in [0.2, 0.25) is 0 Å². The molecule has 0 saturated carbocycles. The summed E-state index contributed by atoms with van der Waals surface area (Å²) in [6, 6.07) is 6.32. The van der Waals surface area contributed by atoms with Crippen LogP contribution in [0.15, 0.2) is 36.7 Å². The molecule has 1 aliphatic heterocycles. The standard InChI is InChI=1S/C17H20F2N8O.ClH/c1-25-8-7-21-16(25)14-10-20-6-9-26(14)11-15-22-23-24-27(15)12-2-4-13(5-3-12)28-17(18)19;/h2-5,7-8,14,17,20H,6,9-11H2,1H3;1H. The van der Waals surface area contributed by atoms with Gasteiger partial charge >= 0.3 is 6.61 Å². The summed E-state index contributed by atoms with van der Waals surface area (Å²) >= 11 is 0. The van der Waals surface area contributed by atoms with Crippen molar-refractivity contribution in [2.24, 2.45) is 7.05 Å². The molecule has 3 heterocycles. The van der Waals surface area contributed by atoms with E-state index in [2.05, 4.69) is 35.5 Å². The van der Waals surface area contributed by atoms with E-state index in [4.69, 9.17) is 0 Å². The highest BCUT2D eigenvalue weighted by Crippen LogP contribution is 2.23. The number of nitrogens with one attached hydrogen (secondary N) is 1. The summed E-state index contributed by atoms with van der Waals surface area (Å²) in [6.07, 6.45) is 3.71. The Labute approximate surface area is 172 Å². The zero-order chi connectivity index (χ0) is 19.5. The van der Waals surface area contributed by atoms with Crippen molar-refractivity contribution in [1.82, 2.24) is 40.0 Å². The van der Waals surface area contributed by atoms with Gasteiger partial charge in [0, 0.05) is 39.1 Å². The Morgan fingerprint density at radius 3 is 2.76 bits per heavy atom. The Bertz CT molecular complexity index is 916. The van der Waals surface area contributed by atoms with Gasteiger partial charge in [0.15, 0.2) is 5.82 Å². The van der Waals surface area contributed by atoms with E-state index < -0.39 is 6.61 Å². The topological polar surface area (TPSA) is 85.9 Å². The lowest BCUT2D eigenvalue weighted by Crippen LogP contribution is -2.46. The molecule has 12 heteroatoms. The largest absolute Gasteiger partial charge is 0.435 e. The van der Waals surface area contributed by atoms with E-state index in [1.807, 2.05) is 17.8 Å². The molecule has 4 rings (SSSR count). The van der Waals surface area contributed by atoms with Crippen LogP contribution in [0.1, 0.15) is 17.7 Å². The third kappa shape index (κ3) is 4.69. The van der Waals surface area contributed by atoms with E-state index in [0.29, 0.717) is 18.1 Å². The molecular formula is C17H21ClF2N8O. The molecule has 2 aromatic heterocycles. The van der Waals surface area contributed by atoms with Crippen molar-refractivity contribution in [3.05, 3.63) is 48.3 Å². The van der Waals surface area contributed by atoms with Gasteiger partial charge in [-0.3, -0.25) is 4.90 Å². The van der Waals surface area contributed by atoms with Gasteiger partial charge in [0.05, 0.1) is 18.3 Å². The molecule has 1 fully saturated rings. The molecular weight excluding hydrogens is 406 g/mol. The Hall–Kier alpha value is -2.63. The minimum Gasteiger partial charge on any atom is -0.435 e. The van der Waals surface area contributed by atoms with Crippen molar-refractivity contribution in [3.63, 3.8) is 0 Å². The average Bonchev–Trinajstić information content (AvgIpc) is 3.31. The molecule has 0 bridgehead atoms. The van der Waals surface area contributed by atoms with Crippen LogP contribution in [0.5, 0.6) is 5.75 Å². The summed E-state index contributed by atoms with van der Waals surface area (Å²) in [6.45, 7) is 0.145. The molecule has 1 aromatic carbocycles. The van der Waals surface area contributed by atoms with E-state index in [0.717, 1.165) is 25.5 Å². The van der Waals surface area contributed by atoms with Crippen LogP contribution in [0.3, 0.4) is 0 Å². The molecule has 0 radical (unpaired) electrons. The molecule has 1 unspecified atom stereocenters. The summed E-state index contributed by atoms with van der Waals surface area (Å²) in [4.78, 5) is 6.75. The molecule has 0 amide bonds. The van der Waals surface area contributed by atoms with Crippen LogP contribution in [-0.2, 0) is 13.6 Å². The molecule has 29 heavy (non-hydrogen) atoms. The number of tetrazole rings is 1. The molecule has 0 spiro atoms. The highest BCUT2D eigenvalue weighted by molar-refractivity contribution is 5.85. The number of halogens is 3. The summed E-state index contributed by atoms with van der Waals surface area (Å²) in [7, 11) is 1.97. The SMILES string of the molecule is Cl.Cn1ccnc1C1CNCCN1Cc1nnnn1-c1ccc(OC(F)F)cc1. The fraction of sp³-hybridized carbons (Fsp3) is 0.412. The Morgan fingerprint density at radius 1 is 1.28 bits per heavy atom. The maximum Gasteiger partial charge on any atom is 0.387 e.